The molecule has 1 aromatic rings. The molecular formula is C20H33N3O3SSi. The molecule has 0 spiro atoms. The van der Waals surface area contributed by atoms with Gasteiger partial charge in [0.1, 0.15) is 5.69 Å². The van der Waals surface area contributed by atoms with Gasteiger partial charge in [0.2, 0.25) is 0 Å². The van der Waals surface area contributed by atoms with E-state index in [0.29, 0.717) is 10.7 Å². The van der Waals surface area contributed by atoms with Gasteiger partial charge in [-0.1, -0.05) is 20.8 Å². The van der Waals surface area contributed by atoms with Gasteiger partial charge in [-0.3, -0.25) is 9.59 Å². The molecule has 1 atom stereocenters. The number of thiazole rings is 1. The van der Waals surface area contributed by atoms with Gasteiger partial charge in [0.15, 0.2) is 13.3 Å². The summed E-state index contributed by atoms with van der Waals surface area (Å²) in [6.45, 7) is 14.1. The number of aromatic nitrogens is 1. The number of hydrogen-bond acceptors (Lipinski definition) is 5. The molecule has 8 heteroatoms. The first-order valence-corrected chi connectivity index (χ1v) is 14.0. The van der Waals surface area contributed by atoms with Gasteiger partial charge >= 0.3 is 0 Å². The van der Waals surface area contributed by atoms with Crippen molar-refractivity contribution >= 4 is 31.5 Å². The lowest BCUT2D eigenvalue weighted by Crippen LogP contribution is -2.53. The van der Waals surface area contributed by atoms with Gasteiger partial charge in [-0.15, -0.1) is 11.3 Å². The van der Waals surface area contributed by atoms with Crippen molar-refractivity contribution in [2.75, 3.05) is 6.54 Å². The minimum atomic E-state index is -1.76. The van der Waals surface area contributed by atoms with Gasteiger partial charge < -0.3 is 14.6 Å². The van der Waals surface area contributed by atoms with Crippen molar-refractivity contribution in [2.24, 2.45) is 0 Å². The third-order valence-corrected chi connectivity index (χ3v) is 11.8. The topological polar surface area (TPSA) is 71.5 Å². The number of nitrogens with zero attached hydrogens (tertiary/aromatic N) is 2. The van der Waals surface area contributed by atoms with E-state index in [0.717, 1.165) is 32.2 Å². The highest BCUT2D eigenvalue weighted by molar-refractivity contribution is 7.11. The van der Waals surface area contributed by atoms with Crippen LogP contribution in [0.4, 0.5) is 0 Å². The van der Waals surface area contributed by atoms with Crippen molar-refractivity contribution in [1.29, 1.82) is 0 Å². The third-order valence-electron chi connectivity index (χ3n) is 6.43. The number of nitrogens with one attached hydrogen (secondary N) is 1. The second-order valence-corrected chi connectivity index (χ2v) is 15.3. The van der Waals surface area contributed by atoms with E-state index < -0.39 is 8.32 Å². The Labute approximate surface area is 173 Å². The molecule has 1 aliphatic carbocycles. The Bertz CT molecular complexity index is 737. The summed E-state index contributed by atoms with van der Waals surface area (Å²) >= 11 is 1.24. The van der Waals surface area contributed by atoms with E-state index in [1.165, 1.54) is 11.3 Å². The molecule has 1 aliphatic heterocycles. The van der Waals surface area contributed by atoms with E-state index in [-0.39, 0.29) is 35.0 Å². The maximum atomic E-state index is 12.6. The molecule has 1 saturated heterocycles. The maximum Gasteiger partial charge on any atom is 0.280 e. The highest BCUT2D eigenvalue weighted by Gasteiger charge is 2.42. The minimum absolute atomic E-state index is 0.0632. The molecule has 3 rings (SSSR count). The van der Waals surface area contributed by atoms with Crippen LogP contribution in [0.1, 0.15) is 73.7 Å². The molecule has 0 radical (unpaired) electrons. The molecule has 1 saturated carbocycles. The van der Waals surface area contributed by atoms with E-state index in [1.807, 2.05) is 4.90 Å². The first kappa shape index (κ1) is 21.5. The van der Waals surface area contributed by atoms with Crippen LogP contribution in [0.2, 0.25) is 18.1 Å². The van der Waals surface area contributed by atoms with Gasteiger partial charge in [-0.2, -0.15) is 0 Å². The van der Waals surface area contributed by atoms with Crippen molar-refractivity contribution in [2.45, 2.75) is 89.7 Å². The summed E-state index contributed by atoms with van der Waals surface area (Å²) in [6, 6.07) is 0.378. The molecule has 6 nitrogen and oxygen atoms in total. The second-order valence-electron chi connectivity index (χ2n) is 9.67. The lowest BCUT2D eigenvalue weighted by molar-refractivity contribution is 0.0627. The van der Waals surface area contributed by atoms with Gasteiger partial charge in [-0.05, 0) is 50.7 Å². The molecule has 1 aromatic heterocycles. The van der Waals surface area contributed by atoms with E-state index in [4.69, 9.17) is 4.43 Å². The summed E-state index contributed by atoms with van der Waals surface area (Å²) in [5.74, 6) is -0.249. The first-order valence-electron chi connectivity index (χ1n) is 10.2. The Morgan fingerprint density at radius 1 is 1.32 bits per heavy atom. The molecule has 2 fully saturated rings. The molecule has 1 N–H and O–H groups in total. The quantitative estimate of drug-likeness (QED) is 0.725. The van der Waals surface area contributed by atoms with Crippen LogP contribution < -0.4 is 5.32 Å². The molecule has 28 heavy (non-hydrogen) atoms. The monoisotopic (exact) mass is 423 g/mol. The third kappa shape index (κ3) is 4.49. The highest BCUT2D eigenvalue weighted by atomic mass is 32.1. The number of likely N-dealkylation sites (tertiary alicyclic amines) is 1. The van der Waals surface area contributed by atoms with Crippen LogP contribution in [0.3, 0.4) is 0 Å². The van der Waals surface area contributed by atoms with Crippen LogP contribution in [0.5, 0.6) is 0 Å². The van der Waals surface area contributed by atoms with Gasteiger partial charge in [0.05, 0.1) is 0 Å². The normalized spacial score (nSPS) is 25.5. The molecular weight excluding hydrogens is 390 g/mol. The predicted molar refractivity (Wildman–Crippen MR) is 114 cm³/mol. The molecule has 0 unspecified atom stereocenters. The summed E-state index contributed by atoms with van der Waals surface area (Å²) in [7, 11) is -1.76. The van der Waals surface area contributed by atoms with Crippen LogP contribution in [0, 0.1) is 0 Å². The van der Waals surface area contributed by atoms with Crippen LogP contribution in [-0.2, 0) is 4.43 Å². The smallest absolute Gasteiger partial charge is 0.280 e. The van der Waals surface area contributed by atoms with Crippen LogP contribution in [0.25, 0.3) is 0 Å². The fourth-order valence-electron chi connectivity index (χ4n) is 3.48. The molecule has 0 bridgehead atoms. The zero-order valence-corrected chi connectivity index (χ0v) is 19.7. The Morgan fingerprint density at radius 3 is 2.57 bits per heavy atom. The summed E-state index contributed by atoms with van der Waals surface area (Å²) in [6.07, 6.45) is 3.99. The molecule has 2 heterocycles. The highest BCUT2D eigenvalue weighted by Crippen LogP contribution is 2.40. The van der Waals surface area contributed by atoms with E-state index in [1.54, 1.807) is 5.38 Å². The zero-order valence-electron chi connectivity index (χ0n) is 17.9. The summed E-state index contributed by atoms with van der Waals surface area (Å²) in [5.41, 5.74) is 0.386. The maximum absolute atomic E-state index is 12.6. The molecule has 156 valence electrons. The lowest BCUT2D eigenvalue weighted by atomic mass is 9.89. The standard InChI is InChI=1S/C20H33N3O3SSi/c1-13-8-7-9-23(13)19(25)16-12-27-18(22-16)17(24)21-14-10-15(11-14)26-28(5,6)20(2,3)4/h12-15H,7-11H2,1-6H3,(H,21,24)/t13-,14?,15?/m0/s1. The van der Waals surface area contributed by atoms with Crippen molar-refractivity contribution < 1.29 is 14.0 Å². The summed E-state index contributed by atoms with van der Waals surface area (Å²) in [4.78, 5) is 31.2. The fourth-order valence-corrected chi connectivity index (χ4v) is 5.55. The average Bonchev–Trinajstić information content (AvgIpc) is 3.20. The van der Waals surface area contributed by atoms with Crippen LogP contribution in [-0.4, -0.2) is 54.7 Å². The van der Waals surface area contributed by atoms with Crippen molar-refractivity contribution in [3.63, 3.8) is 0 Å². The van der Waals surface area contributed by atoms with Crippen LogP contribution >= 0.6 is 11.3 Å². The Hall–Kier alpha value is -1.25. The number of hydrogen-bond donors (Lipinski definition) is 1. The van der Waals surface area contributed by atoms with Gasteiger partial charge in [0.25, 0.3) is 11.8 Å². The Balaban J connectivity index is 1.49. The number of carbonyl (C=O) groups is 2. The number of rotatable bonds is 5. The first-order chi connectivity index (χ1) is 13.0. The summed E-state index contributed by atoms with van der Waals surface area (Å²) in [5, 5.41) is 5.30. The summed E-state index contributed by atoms with van der Waals surface area (Å²) < 4.78 is 6.38. The van der Waals surface area contributed by atoms with Crippen molar-refractivity contribution in [1.82, 2.24) is 15.2 Å². The van der Waals surface area contributed by atoms with Gasteiger partial charge in [0, 0.05) is 30.1 Å². The fraction of sp³-hybridized carbons (Fsp3) is 0.750. The Morgan fingerprint density at radius 2 is 2.00 bits per heavy atom. The number of amides is 2. The lowest BCUT2D eigenvalue weighted by Gasteiger charge is -2.44. The SMILES string of the molecule is C[C@H]1CCCN1C(=O)c1csc(C(=O)NC2CC(O[Si](C)(C)C(C)(C)C)C2)n1. The predicted octanol–water partition coefficient (Wildman–Crippen LogP) is 4.05. The van der Waals surface area contributed by atoms with E-state index in [2.05, 4.69) is 51.1 Å². The number of carbonyl (C=O) groups excluding carboxylic acids is 2. The van der Waals surface area contributed by atoms with Crippen molar-refractivity contribution in [3.8, 4) is 0 Å². The Kier molecular flexibility index (Phi) is 6.03. The van der Waals surface area contributed by atoms with Crippen LogP contribution in [0.15, 0.2) is 5.38 Å². The second kappa shape index (κ2) is 7.87. The van der Waals surface area contributed by atoms with Crippen molar-refractivity contribution in [3.05, 3.63) is 16.1 Å². The largest absolute Gasteiger partial charge is 0.414 e. The van der Waals surface area contributed by atoms with E-state index >= 15 is 0 Å². The minimum Gasteiger partial charge on any atom is -0.414 e. The zero-order chi connectivity index (χ0) is 20.7. The molecule has 0 aromatic carbocycles. The van der Waals surface area contributed by atoms with E-state index in [9.17, 15) is 9.59 Å². The molecule has 2 aliphatic rings. The average molecular weight is 424 g/mol. The van der Waals surface area contributed by atoms with Gasteiger partial charge in [-0.25, -0.2) is 4.98 Å². The molecule has 2 amide bonds.